The Morgan fingerprint density at radius 1 is 1.47 bits per heavy atom. The van der Waals surface area contributed by atoms with Crippen LogP contribution in [0.15, 0.2) is 22.8 Å². The lowest BCUT2D eigenvalue weighted by molar-refractivity contribution is 0.413. The summed E-state index contributed by atoms with van der Waals surface area (Å²) in [7, 11) is 1.66. The molecule has 0 bridgehead atoms. The summed E-state index contributed by atoms with van der Waals surface area (Å²) in [5.74, 6) is 0.834. The number of ether oxygens (including phenoxy) is 1. The number of nitrogens with zero attached hydrogens (tertiary/aromatic N) is 2. The molecular formula is C10H10Br2N2O. The van der Waals surface area contributed by atoms with E-state index >= 15 is 0 Å². The highest BCUT2D eigenvalue weighted by Crippen LogP contribution is 2.32. The minimum absolute atomic E-state index is 0.834. The maximum atomic E-state index is 5.23. The van der Waals surface area contributed by atoms with Crippen LogP contribution in [0.4, 0.5) is 0 Å². The van der Waals surface area contributed by atoms with Crippen molar-refractivity contribution >= 4 is 42.8 Å². The second-order valence-electron chi connectivity index (χ2n) is 3.07. The van der Waals surface area contributed by atoms with Crippen molar-refractivity contribution in [3.63, 3.8) is 0 Å². The number of alkyl halides is 1. The van der Waals surface area contributed by atoms with Gasteiger partial charge in [0.1, 0.15) is 5.75 Å². The topological polar surface area (TPSA) is 27.1 Å². The van der Waals surface area contributed by atoms with Crippen LogP contribution in [0, 0.1) is 0 Å². The van der Waals surface area contributed by atoms with E-state index in [1.165, 1.54) is 0 Å². The second-order valence-corrected chi connectivity index (χ2v) is 4.66. The first-order valence-electron chi connectivity index (χ1n) is 4.52. The van der Waals surface area contributed by atoms with E-state index in [0.717, 1.165) is 33.0 Å². The Kier molecular flexibility index (Phi) is 3.31. The molecule has 0 aliphatic rings. The maximum Gasteiger partial charge on any atom is 0.133 e. The first-order valence-corrected chi connectivity index (χ1v) is 6.43. The molecule has 2 rings (SSSR count). The third-order valence-electron chi connectivity index (χ3n) is 2.24. The van der Waals surface area contributed by atoms with E-state index in [1.54, 1.807) is 7.11 Å². The molecule has 1 aromatic heterocycles. The van der Waals surface area contributed by atoms with E-state index in [1.807, 2.05) is 23.0 Å². The summed E-state index contributed by atoms with van der Waals surface area (Å²) >= 11 is 6.92. The average Bonchev–Trinajstić information content (AvgIpc) is 2.64. The standard InChI is InChI=1S/C10H10Br2N2O/c1-15-9-3-2-8-7(10(9)12)6-13-14(8)5-4-11/h2-3,6H,4-5H2,1H3. The van der Waals surface area contributed by atoms with E-state index in [9.17, 15) is 0 Å². The van der Waals surface area contributed by atoms with Crippen LogP contribution < -0.4 is 4.74 Å². The quantitative estimate of drug-likeness (QED) is 0.806. The highest BCUT2D eigenvalue weighted by atomic mass is 79.9. The number of rotatable bonds is 3. The molecule has 0 spiro atoms. The largest absolute Gasteiger partial charge is 0.496 e. The molecule has 0 unspecified atom stereocenters. The van der Waals surface area contributed by atoms with Crippen LogP contribution in [-0.4, -0.2) is 22.2 Å². The minimum atomic E-state index is 0.834. The Hall–Kier alpha value is -0.550. The summed E-state index contributed by atoms with van der Waals surface area (Å²) in [4.78, 5) is 0. The zero-order valence-electron chi connectivity index (χ0n) is 8.20. The first kappa shape index (κ1) is 11.0. The molecule has 2 aromatic rings. The molecule has 0 saturated carbocycles. The van der Waals surface area contributed by atoms with Crippen LogP contribution in [0.1, 0.15) is 0 Å². The molecule has 0 fully saturated rings. The number of aromatic nitrogens is 2. The fourth-order valence-electron chi connectivity index (χ4n) is 1.52. The van der Waals surface area contributed by atoms with Crippen molar-refractivity contribution < 1.29 is 4.74 Å². The fourth-order valence-corrected chi connectivity index (χ4v) is 2.45. The number of hydrogen-bond donors (Lipinski definition) is 0. The maximum absolute atomic E-state index is 5.23. The van der Waals surface area contributed by atoms with Crippen molar-refractivity contribution in [2.75, 3.05) is 12.4 Å². The lowest BCUT2D eigenvalue weighted by Gasteiger charge is -2.04. The third-order valence-corrected chi connectivity index (χ3v) is 3.41. The zero-order chi connectivity index (χ0) is 10.8. The number of fused-ring (bicyclic) bond motifs is 1. The molecular weight excluding hydrogens is 324 g/mol. The van der Waals surface area contributed by atoms with Gasteiger partial charge in [0.15, 0.2) is 0 Å². The van der Waals surface area contributed by atoms with Gasteiger partial charge >= 0.3 is 0 Å². The highest BCUT2D eigenvalue weighted by Gasteiger charge is 2.09. The number of aryl methyl sites for hydroxylation is 1. The van der Waals surface area contributed by atoms with Crippen LogP contribution in [0.5, 0.6) is 5.75 Å². The zero-order valence-corrected chi connectivity index (χ0v) is 11.4. The number of halogens is 2. The van der Waals surface area contributed by atoms with Crippen LogP contribution in [0.2, 0.25) is 0 Å². The van der Waals surface area contributed by atoms with Gasteiger partial charge in [-0.05, 0) is 28.1 Å². The molecule has 0 N–H and O–H groups in total. The Bertz CT molecular complexity index is 481. The smallest absolute Gasteiger partial charge is 0.133 e. The molecule has 5 heteroatoms. The predicted molar refractivity (Wildman–Crippen MR) is 67.8 cm³/mol. The molecule has 15 heavy (non-hydrogen) atoms. The summed E-state index contributed by atoms with van der Waals surface area (Å²) in [5.41, 5.74) is 1.11. The fraction of sp³-hybridized carbons (Fsp3) is 0.300. The van der Waals surface area contributed by atoms with Crippen molar-refractivity contribution in [3.05, 3.63) is 22.8 Å². The predicted octanol–water partition coefficient (Wildman–Crippen LogP) is 3.20. The Labute approximate surface area is 105 Å². The van der Waals surface area contributed by atoms with Gasteiger partial charge in [-0.25, -0.2) is 0 Å². The summed E-state index contributed by atoms with van der Waals surface area (Å²) < 4.78 is 8.16. The molecule has 1 heterocycles. The second kappa shape index (κ2) is 4.53. The Morgan fingerprint density at radius 3 is 2.93 bits per heavy atom. The number of benzene rings is 1. The molecule has 0 atom stereocenters. The molecule has 3 nitrogen and oxygen atoms in total. The average molecular weight is 334 g/mol. The summed E-state index contributed by atoms with van der Waals surface area (Å²) in [6, 6.07) is 3.97. The highest BCUT2D eigenvalue weighted by molar-refractivity contribution is 9.10. The van der Waals surface area contributed by atoms with Crippen LogP contribution in [-0.2, 0) is 6.54 Å². The van der Waals surface area contributed by atoms with Crippen molar-refractivity contribution in [2.24, 2.45) is 0 Å². The van der Waals surface area contributed by atoms with Gasteiger partial charge in [0.25, 0.3) is 0 Å². The van der Waals surface area contributed by atoms with Gasteiger partial charge in [0.2, 0.25) is 0 Å². The number of hydrogen-bond acceptors (Lipinski definition) is 2. The Morgan fingerprint density at radius 2 is 2.27 bits per heavy atom. The third kappa shape index (κ3) is 1.90. The van der Waals surface area contributed by atoms with Crippen molar-refractivity contribution in [1.29, 1.82) is 0 Å². The van der Waals surface area contributed by atoms with E-state index in [-0.39, 0.29) is 0 Å². The van der Waals surface area contributed by atoms with Gasteiger partial charge in [-0.3, -0.25) is 4.68 Å². The van der Waals surface area contributed by atoms with Gasteiger partial charge in [-0.2, -0.15) is 5.10 Å². The normalized spacial score (nSPS) is 10.9. The van der Waals surface area contributed by atoms with E-state index < -0.39 is 0 Å². The molecule has 0 saturated heterocycles. The van der Waals surface area contributed by atoms with Crippen LogP contribution in [0.25, 0.3) is 10.9 Å². The van der Waals surface area contributed by atoms with E-state index in [4.69, 9.17) is 4.74 Å². The molecule has 0 aliphatic heterocycles. The summed E-state index contributed by atoms with van der Waals surface area (Å²) in [6.07, 6.45) is 1.85. The van der Waals surface area contributed by atoms with Gasteiger partial charge in [-0.15, -0.1) is 0 Å². The SMILES string of the molecule is COc1ccc2c(cnn2CCBr)c1Br. The van der Waals surface area contributed by atoms with Crippen molar-refractivity contribution in [2.45, 2.75) is 6.54 Å². The first-order chi connectivity index (χ1) is 7.27. The van der Waals surface area contributed by atoms with Crippen molar-refractivity contribution in [3.8, 4) is 5.75 Å². The summed E-state index contributed by atoms with van der Waals surface area (Å²) in [6.45, 7) is 0.863. The molecule has 1 aromatic carbocycles. The van der Waals surface area contributed by atoms with E-state index in [0.29, 0.717) is 0 Å². The monoisotopic (exact) mass is 332 g/mol. The van der Waals surface area contributed by atoms with E-state index in [2.05, 4.69) is 37.0 Å². The molecule has 0 radical (unpaired) electrons. The molecule has 80 valence electrons. The van der Waals surface area contributed by atoms with Gasteiger partial charge in [0, 0.05) is 10.7 Å². The summed E-state index contributed by atoms with van der Waals surface area (Å²) in [5, 5.41) is 6.30. The number of methoxy groups -OCH3 is 1. The molecule has 0 amide bonds. The lowest BCUT2D eigenvalue weighted by Crippen LogP contribution is -2.00. The van der Waals surface area contributed by atoms with Gasteiger partial charge in [-0.1, -0.05) is 15.9 Å². The van der Waals surface area contributed by atoms with Crippen LogP contribution >= 0.6 is 31.9 Å². The minimum Gasteiger partial charge on any atom is -0.496 e. The Balaban J connectivity index is 2.60. The van der Waals surface area contributed by atoms with Crippen LogP contribution in [0.3, 0.4) is 0 Å². The van der Waals surface area contributed by atoms with Crippen molar-refractivity contribution in [1.82, 2.24) is 9.78 Å². The lowest BCUT2D eigenvalue weighted by atomic mass is 10.2. The van der Waals surface area contributed by atoms with Gasteiger partial charge in [0.05, 0.1) is 29.8 Å². The molecule has 0 aliphatic carbocycles. The van der Waals surface area contributed by atoms with Gasteiger partial charge < -0.3 is 4.74 Å².